The highest BCUT2D eigenvalue weighted by atomic mass is 79.9. The van der Waals surface area contributed by atoms with Crippen LogP contribution >= 0.6 is 66.4 Å². The van der Waals surface area contributed by atoms with Crippen molar-refractivity contribution in [3.05, 3.63) is 117 Å². The summed E-state index contributed by atoms with van der Waals surface area (Å²) in [6, 6.07) is 19.9. The molecule has 2 heterocycles. The molecule has 2 aromatic heterocycles. The van der Waals surface area contributed by atoms with Crippen molar-refractivity contribution in [3.8, 4) is 11.3 Å². The van der Waals surface area contributed by atoms with Gasteiger partial charge in [-0.25, -0.2) is 9.47 Å². The van der Waals surface area contributed by atoms with Gasteiger partial charge in [0.2, 0.25) is 4.80 Å². The Hall–Kier alpha value is -2.82. The van der Waals surface area contributed by atoms with Crippen molar-refractivity contribution < 1.29 is 4.42 Å². The second-order valence-corrected chi connectivity index (χ2v) is 11.1. The smallest absolute Gasteiger partial charge is 0.345 e. The van der Waals surface area contributed by atoms with Crippen molar-refractivity contribution in [2.75, 3.05) is 0 Å². The fourth-order valence-electron chi connectivity index (χ4n) is 3.37. The minimum absolute atomic E-state index is 0.338. The first-order valence-electron chi connectivity index (χ1n) is 10.6. The van der Waals surface area contributed by atoms with Crippen molar-refractivity contribution in [2.45, 2.75) is 0 Å². The number of halogens is 4. The number of thiazole rings is 1. The van der Waals surface area contributed by atoms with E-state index in [1.165, 1.54) is 11.3 Å². The van der Waals surface area contributed by atoms with Crippen LogP contribution in [0, 0.1) is 0 Å². The van der Waals surface area contributed by atoms with Gasteiger partial charge in [0.25, 0.3) is 0 Å². The minimum Gasteiger partial charge on any atom is -0.421 e. The van der Waals surface area contributed by atoms with Gasteiger partial charge in [-0.3, -0.25) is 0 Å². The summed E-state index contributed by atoms with van der Waals surface area (Å²) in [7, 11) is 0. The Balaban J connectivity index is 1.63. The molecule has 0 radical (unpaired) electrons. The van der Waals surface area contributed by atoms with Crippen LogP contribution < -0.4 is 10.4 Å². The quantitative estimate of drug-likeness (QED) is 0.108. The number of hydrogen-bond donors (Lipinski definition) is 0. The number of aromatic nitrogens is 1. The Morgan fingerprint density at radius 2 is 1.54 bits per heavy atom. The lowest BCUT2D eigenvalue weighted by Gasteiger charge is -2.05. The van der Waals surface area contributed by atoms with Gasteiger partial charge in [-0.15, -0.1) is 16.4 Å². The van der Waals surface area contributed by atoms with Crippen LogP contribution in [0.25, 0.3) is 22.2 Å². The fourth-order valence-corrected chi connectivity index (χ4v) is 5.74. The number of fused-ring (bicyclic) bond motifs is 1. The zero-order valence-electron chi connectivity index (χ0n) is 18.6. The lowest BCUT2D eigenvalue weighted by Crippen LogP contribution is -2.14. The zero-order chi connectivity index (χ0) is 25.9. The third kappa shape index (κ3) is 6.02. The van der Waals surface area contributed by atoms with Crippen LogP contribution in [0.4, 0.5) is 0 Å². The highest BCUT2D eigenvalue weighted by molar-refractivity contribution is 9.11. The first-order valence-corrected chi connectivity index (χ1v) is 13.9. The summed E-state index contributed by atoms with van der Waals surface area (Å²) in [6.45, 7) is 0. The van der Waals surface area contributed by atoms with Gasteiger partial charge >= 0.3 is 5.63 Å². The first kappa shape index (κ1) is 25.8. The molecule has 184 valence electrons. The fraction of sp³-hybridized carbons (Fsp3) is 0. The lowest BCUT2D eigenvalue weighted by molar-refractivity contribution is 0.560. The Morgan fingerprint density at radius 1 is 0.892 bits per heavy atom. The maximum atomic E-state index is 13.0. The van der Waals surface area contributed by atoms with Crippen molar-refractivity contribution >= 4 is 89.8 Å². The molecule has 0 fully saturated rings. The lowest BCUT2D eigenvalue weighted by atomic mass is 10.1. The average molecular weight is 677 g/mol. The van der Waals surface area contributed by atoms with E-state index in [1.807, 2.05) is 36.4 Å². The monoisotopic (exact) mass is 674 g/mol. The standard InChI is InChI=1S/C26H14Br2Cl2N4O2S/c27-18-9-17-10-21(25(35)36-24(17)22(28)11-18)23-14-37-26(33-31-12-15-1-5-19(29)6-2-15)34(23)32-13-16-3-7-20(30)8-4-16/h1-14H/b31-12-,32-13+,33-26+. The summed E-state index contributed by atoms with van der Waals surface area (Å²) in [6.07, 6.45) is 3.27. The SMILES string of the molecule is O=c1oc2c(Br)cc(Br)cc2cc1-c1cs/c(=N/N=C\c2ccc(Cl)cc2)n1/N=C/c1ccc(Cl)cc1. The van der Waals surface area contributed by atoms with E-state index < -0.39 is 5.63 Å². The summed E-state index contributed by atoms with van der Waals surface area (Å²) < 4.78 is 8.73. The maximum Gasteiger partial charge on any atom is 0.345 e. The van der Waals surface area contributed by atoms with Crippen LogP contribution in [0.2, 0.25) is 10.0 Å². The van der Waals surface area contributed by atoms with E-state index in [0.717, 1.165) is 21.0 Å². The molecule has 5 aromatic rings. The number of hydrogen-bond acceptors (Lipinski definition) is 6. The first-order chi connectivity index (χ1) is 17.9. The van der Waals surface area contributed by atoms with Crippen molar-refractivity contribution in [1.82, 2.24) is 4.68 Å². The third-order valence-electron chi connectivity index (χ3n) is 5.13. The molecule has 5 rings (SSSR count). The summed E-state index contributed by atoms with van der Waals surface area (Å²) in [5, 5.41) is 17.0. The van der Waals surface area contributed by atoms with E-state index in [4.69, 9.17) is 27.6 Å². The van der Waals surface area contributed by atoms with Gasteiger partial charge in [-0.2, -0.15) is 10.2 Å². The molecule has 0 aliphatic rings. The van der Waals surface area contributed by atoms with Crippen molar-refractivity contribution in [2.24, 2.45) is 15.3 Å². The van der Waals surface area contributed by atoms with E-state index in [1.54, 1.807) is 52.8 Å². The Morgan fingerprint density at radius 3 is 2.22 bits per heavy atom. The molecule has 0 atom stereocenters. The van der Waals surface area contributed by atoms with Crippen LogP contribution in [0.15, 0.2) is 106 Å². The van der Waals surface area contributed by atoms with Crippen LogP contribution in [-0.4, -0.2) is 17.1 Å². The molecule has 0 unspecified atom stereocenters. The summed E-state index contributed by atoms with van der Waals surface area (Å²) in [5.74, 6) is 0. The predicted octanol–water partition coefficient (Wildman–Crippen LogP) is 7.97. The van der Waals surface area contributed by atoms with Gasteiger partial charge in [0.1, 0.15) is 0 Å². The minimum atomic E-state index is -0.500. The van der Waals surface area contributed by atoms with E-state index in [-0.39, 0.29) is 0 Å². The van der Waals surface area contributed by atoms with Gasteiger partial charge in [0.05, 0.1) is 28.2 Å². The van der Waals surface area contributed by atoms with E-state index in [2.05, 4.69) is 47.2 Å². The second kappa shape index (κ2) is 11.3. The molecule has 6 nitrogen and oxygen atoms in total. The van der Waals surface area contributed by atoms with Gasteiger partial charge in [0, 0.05) is 25.3 Å². The largest absolute Gasteiger partial charge is 0.421 e. The summed E-state index contributed by atoms with van der Waals surface area (Å²) in [4.78, 5) is 13.5. The molecule has 0 amide bonds. The van der Waals surface area contributed by atoms with Gasteiger partial charge < -0.3 is 4.42 Å². The van der Waals surface area contributed by atoms with Crippen LogP contribution in [-0.2, 0) is 0 Å². The average Bonchev–Trinajstić information content (AvgIpc) is 3.27. The molecule has 0 spiro atoms. The number of benzene rings is 3. The molecular formula is C26H14Br2Cl2N4O2S. The van der Waals surface area contributed by atoms with E-state index >= 15 is 0 Å². The molecule has 0 saturated heterocycles. The van der Waals surface area contributed by atoms with Gasteiger partial charge in [-0.05, 0) is 69.5 Å². The molecule has 0 aliphatic carbocycles. The van der Waals surface area contributed by atoms with Crippen LogP contribution in [0.3, 0.4) is 0 Å². The zero-order valence-corrected chi connectivity index (χ0v) is 24.1. The topological polar surface area (TPSA) is 72.2 Å². The Bertz CT molecular complexity index is 1790. The number of rotatable bonds is 5. The third-order valence-corrected chi connectivity index (χ3v) is 7.48. The molecule has 0 aliphatic heterocycles. The summed E-state index contributed by atoms with van der Waals surface area (Å²) in [5.41, 5.74) is 2.48. The molecular weight excluding hydrogens is 663 g/mol. The Labute approximate surface area is 241 Å². The van der Waals surface area contributed by atoms with E-state index in [0.29, 0.717) is 36.2 Å². The van der Waals surface area contributed by atoms with Gasteiger partial charge in [-0.1, -0.05) is 63.4 Å². The molecule has 11 heteroatoms. The van der Waals surface area contributed by atoms with Crippen LogP contribution in [0.1, 0.15) is 11.1 Å². The molecule has 37 heavy (non-hydrogen) atoms. The highest BCUT2D eigenvalue weighted by Gasteiger charge is 2.15. The highest BCUT2D eigenvalue weighted by Crippen LogP contribution is 2.30. The second-order valence-electron chi connectivity index (χ2n) is 7.66. The van der Waals surface area contributed by atoms with Crippen molar-refractivity contribution in [1.29, 1.82) is 0 Å². The van der Waals surface area contributed by atoms with E-state index in [9.17, 15) is 4.79 Å². The van der Waals surface area contributed by atoms with Crippen LogP contribution in [0.5, 0.6) is 0 Å². The molecule has 0 bridgehead atoms. The Kier molecular flexibility index (Phi) is 7.87. The number of nitrogens with zero attached hydrogens (tertiary/aromatic N) is 4. The van der Waals surface area contributed by atoms with Gasteiger partial charge in [0.15, 0.2) is 5.58 Å². The molecule has 3 aromatic carbocycles. The summed E-state index contributed by atoms with van der Waals surface area (Å²) >= 11 is 20.2. The maximum absolute atomic E-state index is 13.0. The normalized spacial score (nSPS) is 12.4. The van der Waals surface area contributed by atoms with Crippen molar-refractivity contribution in [3.63, 3.8) is 0 Å². The molecule has 0 N–H and O–H groups in total. The molecule has 0 saturated carbocycles. The predicted molar refractivity (Wildman–Crippen MR) is 158 cm³/mol.